The molecule has 1 atom stereocenters. The van der Waals surface area contributed by atoms with Gasteiger partial charge in [-0.2, -0.15) is 4.20 Å². The van der Waals surface area contributed by atoms with E-state index in [2.05, 4.69) is 40.8 Å². The van der Waals surface area contributed by atoms with Crippen LogP contribution >= 0.6 is 7.68 Å². The van der Waals surface area contributed by atoms with Crippen molar-refractivity contribution in [3.63, 3.8) is 0 Å². The Labute approximate surface area is 416 Å². The van der Waals surface area contributed by atoms with E-state index in [0.717, 1.165) is 35.6 Å². The minimum Gasteiger partial charge on any atom is -0.493 e. The molecule has 0 saturated carbocycles. The third kappa shape index (κ3) is 40.0. The first-order valence-electron chi connectivity index (χ1n) is 26.8. The maximum Gasteiger partial charge on any atom is 0.369 e. The van der Waals surface area contributed by atoms with Gasteiger partial charge in [-0.25, -0.2) is 4.68 Å². The highest BCUT2D eigenvalue weighted by atomic mass is 31.2. The Morgan fingerprint density at radius 2 is 0.826 bits per heavy atom. The SMILES string of the molecule is CCCCCCCCCCCCOc1cc(Cn2cc(COCCOCCOCCOCCOCCOCCOCCOCCP(=O)(F)OCC)nn2)cc(OCCCCCCCCCCCC)c1. The topological polar surface area (TPSA) is 149 Å². The lowest BCUT2D eigenvalue weighted by atomic mass is 10.1. The predicted octanol–water partition coefficient (Wildman–Crippen LogP) is 11.8. The van der Waals surface area contributed by atoms with Crippen molar-refractivity contribution in [2.45, 2.75) is 162 Å². The Morgan fingerprint density at radius 1 is 0.464 bits per heavy atom. The Balaban J connectivity index is 1.52. The van der Waals surface area contributed by atoms with E-state index in [9.17, 15) is 8.76 Å². The Kier molecular flexibility index (Phi) is 42.7. The van der Waals surface area contributed by atoms with Crippen molar-refractivity contribution in [1.29, 1.82) is 0 Å². The van der Waals surface area contributed by atoms with Crippen molar-refractivity contribution < 1.29 is 60.7 Å². The summed E-state index contributed by atoms with van der Waals surface area (Å²) in [5.41, 5.74) is 1.82. The van der Waals surface area contributed by atoms with E-state index in [1.165, 1.54) is 116 Å². The summed E-state index contributed by atoms with van der Waals surface area (Å²) in [6, 6.07) is 6.23. The van der Waals surface area contributed by atoms with Crippen LogP contribution in [0.25, 0.3) is 0 Å². The van der Waals surface area contributed by atoms with Crippen LogP contribution in [0.1, 0.15) is 160 Å². The van der Waals surface area contributed by atoms with Gasteiger partial charge in [-0.05, 0) is 37.5 Å². The number of hydrogen-bond donors (Lipinski definition) is 0. The second kappa shape index (κ2) is 46.8. The van der Waals surface area contributed by atoms with Crippen LogP contribution in [0.4, 0.5) is 4.20 Å². The number of hydrogen-bond acceptors (Lipinski definition) is 14. The average Bonchev–Trinajstić information content (AvgIpc) is 3.79. The zero-order valence-electron chi connectivity index (χ0n) is 43.4. The van der Waals surface area contributed by atoms with Gasteiger partial charge in [-0.15, -0.1) is 5.10 Å². The summed E-state index contributed by atoms with van der Waals surface area (Å²) < 4.78 is 87.8. The standard InChI is InChI=1S/C52H95FN3O12P/c1-4-7-9-11-13-15-17-19-21-23-25-66-51-43-49(44-52(45-51)67-26-24-22-20-18-16-14-12-10-8-5-2)46-56-47-50(54-55-56)48-65-40-39-63-36-35-61-32-31-59-28-27-58-29-30-60-33-34-62-37-38-64-41-42-69(53,57)68-6-3/h43-45,47H,4-42,46,48H2,1-3H3. The summed E-state index contributed by atoms with van der Waals surface area (Å²) in [6.07, 6.45) is 27.7. The molecule has 402 valence electrons. The molecule has 2 rings (SSSR count). The number of nitrogens with zero attached hydrogens (tertiary/aromatic N) is 3. The molecule has 17 heteroatoms. The van der Waals surface area contributed by atoms with Crippen LogP contribution < -0.4 is 9.47 Å². The third-order valence-corrected chi connectivity index (χ3v) is 12.4. The van der Waals surface area contributed by atoms with E-state index in [-0.39, 0.29) is 26.0 Å². The van der Waals surface area contributed by atoms with Crippen molar-refractivity contribution in [2.75, 3.05) is 125 Å². The normalized spacial score (nSPS) is 12.5. The Bertz CT molecular complexity index is 1420. The lowest BCUT2D eigenvalue weighted by Gasteiger charge is -2.13. The molecule has 69 heavy (non-hydrogen) atoms. The van der Waals surface area contributed by atoms with Crippen molar-refractivity contribution in [1.82, 2.24) is 15.0 Å². The molecule has 0 aliphatic heterocycles. The minimum atomic E-state index is -4.04. The highest BCUT2D eigenvalue weighted by Gasteiger charge is 2.20. The van der Waals surface area contributed by atoms with Crippen LogP contribution in [0.5, 0.6) is 11.5 Å². The van der Waals surface area contributed by atoms with Gasteiger partial charge < -0.3 is 51.9 Å². The van der Waals surface area contributed by atoms with Gasteiger partial charge in [0.2, 0.25) is 0 Å². The number of aromatic nitrogens is 3. The van der Waals surface area contributed by atoms with E-state index in [1.807, 2.05) is 16.9 Å². The quantitative estimate of drug-likeness (QED) is 0.0457. The van der Waals surface area contributed by atoms with Gasteiger partial charge in [0.05, 0.1) is 144 Å². The van der Waals surface area contributed by atoms with E-state index in [0.29, 0.717) is 112 Å². The van der Waals surface area contributed by atoms with E-state index >= 15 is 0 Å². The number of rotatable bonds is 54. The Morgan fingerprint density at radius 3 is 1.22 bits per heavy atom. The summed E-state index contributed by atoms with van der Waals surface area (Å²) >= 11 is 0. The van der Waals surface area contributed by atoms with Crippen molar-refractivity contribution in [3.05, 3.63) is 35.7 Å². The smallest absolute Gasteiger partial charge is 0.369 e. The summed E-state index contributed by atoms with van der Waals surface area (Å²) in [6.45, 7) is 14.6. The van der Waals surface area contributed by atoms with Crippen LogP contribution in [0.3, 0.4) is 0 Å². The monoisotopic (exact) mass is 1000 g/mol. The lowest BCUT2D eigenvalue weighted by molar-refractivity contribution is -0.0234. The first kappa shape index (κ1) is 62.9. The van der Waals surface area contributed by atoms with Gasteiger partial charge >= 0.3 is 7.68 Å². The van der Waals surface area contributed by atoms with Crippen molar-refractivity contribution in [2.24, 2.45) is 0 Å². The molecule has 1 aromatic carbocycles. The molecule has 1 heterocycles. The van der Waals surface area contributed by atoms with E-state index in [1.54, 1.807) is 6.92 Å². The predicted molar refractivity (Wildman–Crippen MR) is 271 cm³/mol. The molecule has 0 N–H and O–H groups in total. The van der Waals surface area contributed by atoms with Gasteiger partial charge in [0.25, 0.3) is 0 Å². The van der Waals surface area contributed by atoms with E-state index in [4.69, 9.17) is 47.4 Å². The first-order valence-corrected chi connectivity index (χ1v) is 28.5. The highest BCUT2D eigenvalue weighted by Crippen LogP contribution is 2.47. The van der Waals surface area contributed by atoms with Crippen LogP contribution in [0.15, 0.2) is 24.4 Å². The summed E-state index contributed by atoms with van der Waals surface area (Å²) in [7, 11) is -4.04. The molecule has 0 amide bonds. The van der Waals surface area contributed by atoms with Crippen molar-refractivity contribution >= 4 is 7.68 Å². The third-order valence-electron chi connectivity index (χ3n) is 11.1. The summed E-state index contributed by atoms with van der Waals surface area (Å²) in [4.78, 5) is 0. The molecule has 0 bridgehead atoms. The fourth-order valence-corrected chi connectivity index (χ4v) is 8.13. The van der Waals surface area contributed by atoms with E-state index < -0.39 is 7.68 Å². The number of benzene rings is 1. The molecule has 0 aliphatic carbocycles. The first-order chi connectivity index (χ1) is 34.0. The number of unbranched alkanes of at least 4 members (excludes halogenated alkanes) is 18. The van der Waals surface area contributed by atoms with Gasteiger partial charge in [-0.1, -0.05) is 135 Å². The number of ether oxygens (including phenoxy) is 10. The zero-order valence-corrected chi connectivity index (χ0v) is 44.3. The average molecular weight is 1000 g/mol. The fourth-order valence-electron chi connectivity index (χ4n) is 7.26. The molecular weight excluding hydrogens is 909 g/mol. The minimum absolute atomic E-state index is 0.0221. The summed E-state index contributed by atoms with van der Waals surface area (Å²) in [5.74, 6) is 1.69. The van der Waals surface area contributed by atoms with Crippen LogP contribution in [-0.4, -0.2) is 140 Å². The molecule has 0 saturated heterocycles. The second-order valence-corrected chi connectivity index (χ2v) is 19.2. The summed E-state index contributed by atoms with van der Waals surface area (Å²) in [5, 5.41) is 8.70. The molecule has 1 aromatic heterocycles. The molecule has 0 fully saturated rings. The maximum atomic E-state index is 13.4. The fraction of sp³-hybridized carbons (Fsp3) is 0.846. The van der Waals surface area contributed by atoms with Crippen molar-refractivity contribution in [3.8, 4) is 11.5 Å². The molecule has 1 unspecified atom stereocenters. The molecule has 2 aromatic rings. The molecular formula is C52H95FN3O12P. The highest BCUT2D eigenvalue weighted by molar-refractivity contribution is 7.53. The van der Waals surface area contributed by atoms with Gasteiger partial charge in [0.15, 0.2) is 0 Å². The zero-order chi connectivity index (χ0) is 49.4. The van der Waals surface area contributed by atoms with Crippen LogP contribution in [-0.2, 0) is 60.1 Å². The van der Waals surface area contributed by atoms with Crippen LogP contribution in [0.2, 0.25) is 0 Å². The lowest BCUT2D eigenvalue weighted by Crippen LogP contribution is -2.15. The molecule has 0 spiro atoms. The molecule has 15 nitrogen and oxygen atoms in total. The van der Waals surface area contributed by atoms with Gasteiger partial charge in [0.1, 0.15) is 17.2 Å². The van der Waals surface area contributed by atoms with Crippen LogP contribution in [0, 0.1) is 0 Å². The Hall–Kier alpha value is -2.24. The largest absolute Gasteiger partial charge is 0.493 e. The number of halogens is 1. The maximum absolute atomic E-state index is 13.4. The van der Waals surface area contributed by atoms with Gasteiger partial charge in [0, 0.05) is 6.07 Å². The molecule has 0 radical (unpaired) electrons. The second-order valence-electron chi connectivity index (χ2n) is 17.4. The molecule has 0 aliphatic rings. The van der Waals surface area contributed by atoms with Gasteiger partial charge in [-0.3, -0.25) is 4.57 Å².